The van der Waals surface area contributed by atoms with E-state index in [1.807, 2.05) is 18.2 Å². The topological polar surface area (TPSA) is 84.2 Å². The Hall–Kier alpha value is -2.68. The molecule has 1 aliphatic rings. The van der Waals surface area contributed by atoms with Gasteiger partial charge in [-0.1, -0.05) is 30.0 Å². The van der Waals surface area contributed by atoms with Gasteiger partial charge in [0.1, 0.15) is 5.52 Å². The highest BCUT2D eigenvalue weighted by molar-refractivity contribution is 7.99. The second-order valence-corrected chi connectivity index (χ2v) is 7.65. The van der Waals surface area contributed by atoms with E-state index in [9.17, 15) is 9.59 Å². The van der Waals surface area contributed by atoms with Crippen molar-refractivity contribution in [2.75, 3.05) is 31.9 Å². The molecule has 0 spiro atoms. The van der Waals surface area contributed by atoms with Crippen molar-refractivity contribution in [2.24, 2.45) is 0 Å². The van der Waals surface area contributed by atoms with Crippen LogP contribution < -0.4 is 0 Å². The molecular formula is C19H22N6O2S. The molecule has 28 heavy (non-hydrogen) atoms. The molecule has 8 nitrogen and oxygen atoms in total. The summed E-state index contributed by atoms with van der Waals surface area (Å²) in [4.78, 5) is 32.1. The lowest BCUT2D eigenvalue weighted by atomic mass is 10.2. The molecule has 3 aromatic rings. The number of benzene rings is 1. The van der Waals surface area contributed by atoms with E-state index in [0.29, 0.717) is 31.3 Å². The van der Waals surface area contributed by atoms with E-state index in [2.05, 4.69) is 32.7 Å². The number of aromatic nitrogens is 4. The number of fused-ring (bicyclic) bond motifs is 3. The molecule has 0 bridgehead atoms. The Bertz CT molecular complexity index is 1040. The van der Waals surface area contributed by atoms with Crippen molar-refractivity contribution in [3.8, 4) is 0 Å². The fourth-order valence-electron chi connectivity index (χ4n) is 3.56. The van der Waals surface area contributed by atoms with Gasteiger partial charge in [0.05, 0.1) is 11.3 Å². The Morgan fingerprint density at radius 3 is 2.50 bits per heavy atom. The van der Waals surface area contributed by atoms with Crippen LogP contribution >= 0.6 is 11.8 Å². The van der Waals surface area contributed by atoms with Crippen molar-refractivity contribution in [3.63, 3.8) is 0 Å². The average Bonchev–Trinajstić information content (AvgIpc) is 3.05. The van der Waals surface area contributed by atoms with E-state index in [1.54, 1.807) is 16.7 Å². The van der Waals surface area contributed by atoms with Crippen LogP contribution in [0.5, 0.6) is 0 Å². The predicted molar refractivity (Wildman–Crippen MR) is 108 cm³/mol. The number of carbonyl (C=O) groups is 2. The summed E-state index contributed by atoms with van der Waals surface area (Å²) >= 11 is 1.30. The second kappa shape index (κ2) is 7.75. The quantitative estimate of drug-likeness (QED) is 0.623. The zero-order valence-corrected chi connectivity index (χ0v) is 16.8. The Balaban J connectivity index is 1.47. The van der Waals surface area contributed by atoms with Crippen molar-refractivity contribution in [2.45, 2.75) is 25.5 Å². The van der Waals surface area contributed by atoms with Gasteiger partial charge in [-0.05, 0) is 13.0 Å². The smallest absolute Gasteiger partial charge is 0.233 e. The Morgan fingerprint density at radius 2 is 1.79 bits per heavy atom. The predicted octanol–water partition coefficient (Wildman–Crippen LogP) is 1.78. The molecule has 2 aromatic heterocycles. The molecule has 0 aliphatic carbocycles. The zero-order chi connectivity index (χ0) is 19.7. The van der Waals surface area contributed by atoms with E-state index in [-0.39, 0.29) is 17.6 Å². The average molecular weight is 398 g/mol. The Morgan fingerprint density at radius 1 is 1.07 bits per heavy atom. The number of hydrogen-bond donors (Lipinski definition) is 0. The lowest BCUT2D eigenvalue weighted by Crippen LogP contribution is -2.50. The summed E-state index contributed by atoms with van der Waals surface area (Å²) in [6.07, 6.45) is 0. The number of hydrogen-bond acceptors (Lipinski definition) is 6. The first-order chi connectivity index (χ1) is 13.6. The summed E-state index contributed by atoms with van der Waals surface area (Å²) in [6.45, 7) is 6.74. The van der Waals surface area contributed by atoms with Gasteiger partial charge in [-0.3, -0.25) is 9.59 Å². The number of piperazine rings is 1. The summed E-state index contributed by atoms with van der Waals surface area (Å²) in [6, 6.07) is 8.06. The first-order valence-electron chi connectivity index (χ1n) is 9.36. The minimum absolute atomic E-state index is 0.0351. The molecule has 0 saturated carbocycles. The first-order valence-corrected chi connectivity index (χ1v) is 10.3. The fourth-order valence-corrected chi connectivity index (χ4v) is 4.24. The summed E-state index contributed by atoms with van der Waals surface area (Å²) < 4.78 is 2.12. The minimum Gasteiger partial charge on any atom is -0.339 e. The van der Waals surface area contributed by atoms with E-state index in [0.717, 1.165) is 28.6 Å². The van der Waals surface area contributed by atoms with Crippen LogP contribution in [-0.4, -0.2) is 73.3 Å². The second-order valence-electron chi connectivity index (χ2n) is 6.70. The molecule has 4 rings (SSSR count). The van der Waals surface area contributed by atoms with Crippen LogP contribution in [0.25, 0.3) is 22.1 Å². The van der Waals surface area contributed by atoms with Crippen molar-refractivity contribution in [1.29, 1.82) is 0 Å². The van der Waals surface area contributed by atoms with Crippen LogP contribution in [0.4, 0.5) is 0 Å². The highest BCUT2D eigenvalue weighted by Gasteiger charge is 2.23. The van der Waals surface area contributed by atoms with Gasteiger partial charge in [0.2, 0.25) is 17.0 Å². The molecule has 0 radical (unpaired) electrons. The standard InChI is InChI=1S/C19H22N6O2S/c1-3-25-15-7-5-4-6-14(15)17-18(25)20-19(22-21-17)28-12-16(27)24-10-8-23(9-11-24)13(2)26/h4-7H,3,8-12H2,1-2H3. The largest absolute Gasteiger partial charge is 0.339 e. The van der Waals surface area contributed by atoms with Crippen molar-refractivity contribution >= 4 is 45.6 Å². The molecule has 2 amide bonds. The number of aryl methyl sites for hydroxylation is 1. The van der Waals surface area contributed by atoms with Gasteiger partial charge in [-0.25, -0.2) is 4.98 Å². The molecular weight excluding hydrogens is 376 g/mol. The lowest BCUT2D eigenvalue weighted by Gasteiger charge is -2.34. The Kier molecular flexibility index (Phi) is 5.17. The maximum absolute atomic E-state index is 12.5. The third kappa shape index (κ3) is 3.42. The first kappa shape index (κ1) is 18.7. The fraction of sp³-hybridized carbons (Fsp3) is 0.421. The van der Waals surface area contributed by atoms with E-state index >= 15 is 0 Å². The van der Waals surface area contributed by atoms with Crippen LogP contribution in [0, 0.1) is 0 Å². The molecule has 9 heteroatoms. The van der Waals surface area contributed by atoms with Crippen molar-refractivity contribution < 1.29 is 9.59 Å². The highest BCUT2D eigenvalue weighted by atomic mass is 32.2. The molecule has 1 saturated heterocycles. The Labute approximate surface area is 166 Å². The lowest BCUT2D eigenvalue weighted by molar-refractivity contribution is -0.136. The molecule has 0 N–H and O–H groups in total. The molecule has 0 atom stereocenters. The van der Waals surface area contributed by atoms with E-state index < -0.39 is 0 Å². The third-order valence-electron chi connectivity index (χ3n) is 5.07. The van der Waals surface area contributed by atoms with Crippen LogP contribution in [0.2, 0.25) is 0 Å². The zero-order valence-electron chi connectivity index (χ0n) is 16.0. The van der Waals surface area contributed by atoms with Gasteiger partial charge in [-0.2, -0.15) is 0 Å². The maximum Gasteiger partial charge on any atom is 0.233 e. The highest BCUT2D eigenvalue weighted by Crippen LogP contribution is 2.27. The number of rotatable bonds is 4. The van der Waals surface area contributed by atoms with Crippen LogP contribution in [0.3, 0.4) is 0 Å². The van der Waals surface area contributed by atoms with Gasteiger partial charge in [0, 0.05) is 45.0 Å². The summed E-state index contributed by atoms with van der Waals surface area (Å²) in [5.41, 5.74) is 2.67. The minimum atomic E-state index is 0.0351. The summed E-state index contributed by atoms with van der Waals surface area (Å²) in [5, 5.41) is 10.1. The maximum atomic E-state index is 12.5. The van der Waals surface area contributed by atoms with Gasteiger partial charge in [0.25, 0.3) is 0 Å². The molecule has 146 valence electrons. The van der Waals surface area contributed by atoms with Crippen LogP contribution in [-0.2, 0) is 16.1 Å². The molecule has 1 aliphatic heterocycles. The molecule has 1 fully saturated rings. The summed E-state index contributed by atoms with van der Waals surface area (Å²) in [7, 11) is 0. The van der Waals surface area contributed by atoms with E-state index in [1.165, 1.54) is 11.8 Å². The van der Waals surface area contributed by atoms with Crippen molar-refractivity contribution in [3.05, 3.63) is 24.3 Å². The van der Waals surface area contributed by atoms with Crippen LogP contribution in [0.1, 0.15) is 13.8 Å². The molecule has 0 unspecified atom stereocenters. The number of amides is 2. The van der Waals surface area contributed by atoms with Gasteiger partial charge >= 0.3 is 0 Å². The summed E-state index contributed by atoms with van der Waals surface area (Å²) in [5.74, 6) is 0.355. The van der Waals surface area contributed by atoms with E-state index in [4.69, 9.17) is 0 Å². The SMILES string of the molecule is CCn1c2ccccc2c2nnc(SCC(=O)N3CCN(C(C)=O)CC3)nc21. The molecule has 3 heterocycles. The number of para-hydroxylation sites is 1. The number of carbonyl (C=O) groups excluding carboxylic acids is 2. The number of nitrogens with zero attached hydrogens (tertiary/aromatic N) is 6. The van der Waals surface area contributed by atoms with Crippen LogP contribution in [0.15, 0.2) is 29.4 Å². The number of thioether (sulfide) groups is 1. The molecule has 1 aromatic carbocycles. The van der Waals surface area contributed by atoms with Gasteiger partial charge in [-0.15, -0.1) is 10.2 Å². The van der Waals surface area contributed by atoms with Gasteiger partial charge in [0.15, 0.2) is 5.65 Å². The normalized spacial score (nSPS) is 14.8. The monoisotopic (exact) mass is 398 g/mol. The third-order valence-corrected chi connectivity index (χ3v) is 5.90. The van der Waals surface area contributed by atoms with Crippen molar-refractivity contribution in [1.82, 2.24) is 29.5 Å². The van der Waals surface area contributed by atoms with Gasteiger partial charge < -0.3 is 14.4 Å².